The number of nitrogens with zero attached hydrogens (tertiary/aromatic N) is 2. The zero-order valence-electron chi connectivity index (χ0n) is 12.1. The standard InChI is InChI=1S/C14H15N3O5/c1-8(16-21)9-3-5-10(6-4-9)17-13(19)11(15-14(17)20)7-12(18)22-2/h3-6,11,21H,7H2,1-2H3,(H,15,20). The SMILES string of the molecule is COC(=O)CC1NC(=O)N(c2ccc(C(C)=NO)cc2)C1=O. The summed E-state index contributed by atoms with van der Waals surface area (Å²) in [6, 6.07) is 4.83. The highest BCUT2D eigenvalue weighted by Crippen LogP contribution is 2.21. The van der Waals surface area contributed by atoms with Crippen LogP contribution in [0.4, 0.5) is 10.5 Å². The molecule has 1 unspecified atom stereocenters. The maximum atomic E-state index is 12.2. The van der Waals surface area contributed by atoms with Gasteiger partial charge in [0, 0.05) is 0 Å². The summed E-state index contributed by atoms with van der Waals surface area (Å²) >= 11 is 0. The van der Waals surface area contributed by atoms with Gasteiger partial charge in [-0.3, -0.25) is 9.59 Å². The van der Waals surface area contributed by atoms with Gasteiger partial charge in [-0.05, 0) is 24.6 Å². The average molecular weight is 305 g/mol. The van der Waals surface area contributed by atoms with Gasteiger partial charge >= 0.3 is 12.0 Å². The van der Waals surface area contributed by atoms with Crippen molar-refractivity contribution in [2.24, 2.45) is 5.16 Å². The van der Waals surface area contributed by atoms with Gasteiger partial charge in [-0.1, -0.05) is 17.3 Å². The van der Waals surface area contributed by atoms with Crippen molar-refractivity contribution in [3.05, 3.63) is 29.8 Å². The number of imide groups is 1. The van der Waals surface area contributed by atoms with Crippen LogP contribution in [0.25, 0.3) is 0 Å². The summed E-state index contributed by atoms with van der Waals surface area (Å²) in [6.07, 6.45) is -0.216. The second kappa shape index (κ2) is 6.25. The number of methoxy groups -OCH3 is 1. The topological polar surface area (TPSA) is 108 Å². The lowest BCUT2D eigenvalue weighted by atomic mass is 10.1. The molecule has 0 bridgehead atoms. The number of hydrogen-bond donors (Lipinski definition) is 2. The van der Waals surface area contributed by atoms with Crippen molar-refractivity contribution in [2.45, 2.75) is 19.4 Å². The van der Waals surface area contributed by atoms with Gasteiger partial charge in [0.15, 0.2) is 0 Å². The lowest BCUT2D eigenvalue weighted by Gasteiger charge is -2.13. The average Bonchev–Trinajstić information content (AvgIpc) is 2.80. The molecule has 1 atom stereocenters. The van der Waals surface area contributed by atoms with E-state index < -0.39 is 23.9 Å². The second-order valence-corrected chi connectivity index (χ2v) is 4.69. The van der Waals surface area contributed by atoms with Gasteiger partial charge in [-0.25, -0.2) is 9.69 Å². The van der Waals surface area contributed by atoms with Crippen LogP contribution in [-0.4, -0.2) is 42.0 Å². The van der Waals surface area contributed by atoms with Crippen LogP contribution in [0.5, 0.6) is 0 Å². The van der Waals surface area contributed by atoms with Gasteiger partial charge in [0.1, 0.15) is 6.04 Å². The van der Waals surface area contributed by atoms with Crippen LogP contribution in [-0.2, 0) is 14.3 Å². The normalized spacial score (nSPS) is 18.4. The molecule has 1 fully saturated rings. The third kappa shape index (κ3) is 2.90. The third-order valence-corrected chi connectivity index (χ3v) is 3.31. The first-order valence-electron chi connectivity index (χ1n) is 6.48. The van der Waals surface area contributed by atoms with Crippen LogP contribution >= 0.6 is 0 Å². The summed E-state index contributed by atoms with van der Waals surface area (Å²) in [6.45, 7) is 1.62. The molecule has 1 aliphatic heterocycles. The van der Waals surface area contributed by atoms with E-state index in [-0.39, 0.29) is 6.42 Å². The Balaban J connectivity index is 2.20. The van der Waals surface area contributed by atoms with Crippen LogP contribution < -0.4 is 10.2 Å². The molecular weight excluding hydrogens is 290 g/mol. The number of benzene rings is 1. The number of oxime groups is 1. The molecule has 116 valence electrons. The first kappa shape index (κ1) is 15.5. The van der Waals surface area contributed by atoms with Crippen molar-refractivity contribution < 1.29 is 24.3 Å². The van der Waals surface area contributed by atoms with Gasteiger partial charge in [-0.2, -0.15) is 0 Å². The van der Waals surface area contributed by atoms with Crippen molar-refractivity contribution in [1.29, 1.82) is 0 Å². The van der Waals surface area contributed by atoms with Crippen LogP contribution in [0.15, 0.2) is 29.4 Å². The second-order valence-electron chi connectivity index (χ2n) is 4.69. The molecule has 0 aromatic heterocycles. The fourth-order valence-electron chi connectivity index (χ4n) is 2.07. The number of esters is 1. The van der Waals surface area contributed by atoms with Gasteiger partial charge in [0.2, 0.25) is 0 Å². The minimum Gasteiger partial charge on any atom is -0.469 e. The lowest BCUT2D eigenvalue weighted by molar-refractivity contribution is -0.142. The number of rotatable bonds is 4. The van der Waals surface area contributed by atoms with Crippen LogP contribution in [0.1, 0.15) is 18.9 Å². The number of carbonyl (C=O) groups excluding carboxylic acids is 3. The van der Waals surface area contributed by atoms with Crippen LogP contribution in [0.2, 0.25) is 0 Å². The largest absolute Gasteiger partial charge is 0.469 e. The highest BCUT2D eigenvalue weighted by atomic mass is 16.5. The molecule has 0 saturated carbocycles. The number of carbonyl (C=O) groups is 3. The molecule has 2 N–H and O–H groups in total. The summed E-state index contributed by atoms with van der Waals surface area (Å²) in [5.41, 5.74) is 1.43. The Bertz CT molecular complexity index is 638. The predicted octanol–water partition coefficient (Wildman–Crippen LogP) is 0.873. The predicted molar refractivity (Wildman–Crippen MR) is 76.9 cm³/mol. The molecule has 8 nitrogen and oxygen atoms in total. The maximum absolute atomic E-state index is 12.2. The smallest absolute Gasteiger partial charge is 0.329 e. The number of amides is 3. The Kier molecular flexibility index (Phi) is 4.40. The quantitative estimate of drug-likeness (QED) is 0.282. The van der Waals surface area contributed by atoms with Gasteiger partial charge < -0.3 is 15.3 Å². The van der Waals surface area contributed by atoms with E-state index in [1.165, 1.54) is 7.11 Å². The van der Waals surface area contributed by atoms with E-state index in [1.807, 2.05) is 0 Å². The molecule has 0 aliphatic carbocycles. The van der Waals surface area contributed by atoms with E-state index in [1.54, 1.807) is 31.2 Å². The number of hydrogen-bond acceptors (Lipinski definition) is 6. The van der Waals surface area contributed by atoms with E-state index in [4.69, 9.17) is 5.21 Å². The fraction of sp³-hybridized carbons (Fsp3) is 0.286. The monoisotopic (exact) mass is 305 g/mol. The molecule has 1 aromatic rings. The highest BCUT2D eigenvalue weighted by Gasteiger charge is 2.40. The Morgan fingerprint density at radius 1 is 1.36 bits per heavy atom. The van der Waals surface area contributed by atoms with Crippen molar-refractivity contribution >= 4 is 29.3 Å². The number of ether oxygens (including phenoxy) is 1. The van der Waals surface area contributed by atoms with Crippen molar-refractivity contribution in [1.82, 2.24) is 5.32 Å². The molecule has 1 saturated heterocycles. The van der Waals surface area contributed by atoms with E-state index >= 15 is 0 Å². The van der Waals surface area contributed by atoms with E-state index in [9.17, 15) is 14.4 Å². The van der Waals surface area contributed by atoms with Crippen molar-refractivity contribution in [2.75, 3.05) is 12.0 Å². The highest BCUT2D eigenvalue weighted by molar-refractivity contribution is 6.22. The molecule has 1 heterocycles. The molecule has 1 aromatic carbocycles. The maximum Gasteiger partial charge on any atom is 0.329 e. The van der Waals surface area contributed by atoms with Crippen LogP contribution in [0, 0.1) is 0 Å². The molecular formula is C14H15N3O5. The van der Waals surface area contributed by atoms with Crippen LogP contribution in [0.3, 0.4) is 0 Å². The van der Waals surface area contributed by atoms with Gasteiger partial charge in [-0.15, -0.1) is 0 Å². The number of urea groups is 1. The Morgan fingerprint density at radius 3 is 2.55 bits per heavy atom. The van der Waals surface area contributed by atoms with E-state index in [0.717, 1.165) is 4.90 Å². The fourth-order valence-corrected chi connectivity index (χ4v) is 2.07. The van der Waals surface area contributed by atoms with E-state index in [0.29, 0.717) is 17.0 Å². The zero-order chi connectivity index (χ0) is 16.3. The van der Waals surface area contributed by atoms with Crippen molar-refractivity contribution in [3.63, 3.8) is 0 Å². The molecule has 3 amide bonds. The van der Waals surface area contributed by atoms with Crippen molar-refractivity contribution in [3.8, 4) is 0 Å². The lowest BCUT2D eigenvalue weighted by Crippen LogP contribution is -2.32. The molecule has 22 heavy (non-hydrogen) atoms. The summed E-state index contributed by atoms with van der Waals surface area (Å²) in [5, 5.41) is 14.2. The number of anilines is 1. The zero-order valence-corrected chi connectivity index (χ0v) is 12.1. The number of nitrogens with one attached hydrogen (secondary N) is 1. The Morgan fingerprint density at radius 2 is 2.00 bits per heavy atom. The minimum absolute atomic E-state index is 0.216. The summed E-state index contributed by atoms with van der Waals surface area (Å²) in [5.74, 6) is -1.10. The van der Waals surface area contributed by atoms with Gasteiger partial charge in [0.05, 0.1) is 24.9 Å². The first-order valence-corrected chi connectivity index (χ1v) is 6.48. The summed E-state index contributed by atoms with van der Waals surface area (Å²) in [7, 11) is 1.21. The molecule has 1 aliphatic rings. The minimum atomic E-state index is -0.930. The van der Waals surface area contributed by atoms with E-state index in [2.05, 4.69) is 15.2 Å². The Hall–Kier alpha value is -2.90. The summed E-state index contributed by atoms with van der Waals surface area (Å²) in [4.78, 5) is 36.3. The molecule has 0 spiro atoms. The molecule has 0 radical (unpaired) electrons. The van der Waals surface area contributed by atoms with Gasteiger partial charge in [0.25, 0.3) is 5.91 Å². The third-order valence-electron chi connectivity index (χ3n) is 3.31. The summed E-state index contributed by atoms with van der Waals surface area (Å²) < 4.78 is 4.49. The Labute approximate surface area is 126 Å². The first-order chi connectivity index (χ1) is 10.5. The molecule has 2 rings (SSSR count). The molecule has 8 heteroatoms.